The predicted octanol–water partition coefficient (Wildman–Crippen LogP) is 3.20. The van der Waals surface area contributed by atoms with Crippen molar-refractivity contribution in [3.05, 3.63) is 40.1 Å². The van der Waals surface area contributed by atoms with E-state index in [0.29, 0.717) is 23.3 Å². The van der Waals surface area contributed by atoms with Crippen molar-refractivity contribution in [2.75, 3.05) is 34.4 Å². The van der Waals surface area contributed by atoms with E-state index in [-0.39, 0.29) is 30.8 Å². The lowest BCUT2D eigenvalue weighted by atomic mass is 9.65. The molecule has 2 aromatic rings. The van der Waals surface area contributed by atoms with Crippen molar-refractivity contribution >= 4 is 11.5 Å². The molecule has 0 amide bonds. The number of hydrogen-bond donors (Lipinski definition) is 2. The molecule has 2 N–H and O–H groups in total. The van der Waals surface area contributed by atoms with E-state index >= 15 is 0 Å². The average molecular weight is 553 g/mol. The van der Waals surface area contributed by atoms with Crippen LogP contribution in [0.3, 0.4) is 0 Å². The molecule has 0 aromatic carbocycles. The molecule has 2 aromatic heterocycles. The van der Waals surface area contributed by atoms with Crippen molar-refractivity contribution in [3.8, 4) is 0 Å². The first-order valence-corrected chi connectivity index (χ1v) is 13.8. The van der Waals surface area contributed by atoms with E-state index < -0.39 is 23.4 Å². The third-order valence-corrected chi connectivity index (χ3v) is 8.97. The Morgan fingerprint density at radius 2 is 1.90 bits per heavy atom. The topological polar surface area (TPSA) is 83.2 Å². The van der Waals surface area contributed by atoms with E-state index in [1.165, 1.54) is 38.8 Å². The van der Waals surface area contributed by atoms with Crippen LogP contribution in [0.15, 0.2) is 23.3 Å². The molecule has 3 aliphatic rings. The van der Waals surface area contributed by atoms with Crippen LogP contribution in [0.5, 0.6) is 0 Å². The van der Waals surface area contributed by atoms with Gasteiger partial charge >= 0.3 is 17.8 Å². The number of pyridine rings is 1. The van der Waals surface area contributed by atoms with Crippen LogP contribution in [0.4, 0.5) is 13.2 Å². The van der Waals surface area contributed by atoms with Gasteiger partial charge in [-0.05, 0) is 62.7 Å². The van der Waals surface area contributed by atoms with Gasteiger partial charge in [0.15, 0.2) is 0 Å². The van der Waals surface area contributed by atoms with E-state index in [1.807, 2.05) is 0 Å². The van der Waals surface area contributed by atoms with E-state index in [4.69, 9.17) is 0 Å². The first-order chi connectivity index (χ1) is 18.6. The standard InChI is InChI=1S/C27H39F3N6O3/c1-33(15-23(37)39-3)12-17-10-21(27(28,29)30)22-14-35(26(38)36(22)13-17)20-9-5-8-19(11-20)24(18-6-4-7-18)25-32-31-16-34(25)2/h10,13-14,18-20,24-25,31-32H,4-9,11-12,15-16H2,1-3H3/t19-,20?,24?,25?/m0/s1. The number of carbonyl (C=O) groups excluding carboxylic acids is 1. The molecule has 2 saturated carbocycles. The molecule has 39 heavy (non-hydrogen) atoms. The summed E-state index contributed by atoms with van der Waals surface area (Å²) in [5, 5.41) is 0. The first-order valence-electron chi connectivity index (χ1n) is 13.8. The van der Waals surface area contributed by atoms with Crippen LogP contribution in [0.2, 0.25) is 0 Å². The molecule has 9 nitrogen and oxygen atoms in total. The van der Waals surface area contributed by atoms with Crippen LogP contribution in [0.1, 0.15) is 62.1 Å². The lowest BCUT2D eigenvalue weighted by molar-refractivity contribution is -0.142. The maximum absolute atomic E-state index is 14.2. The molecule has 1 aliphatic heterocycles. The summed E-state index contributed by atoms with van der Waals surface area (Å²) in [6, 6.07) is 0.933. The molecule has 0 radical (unpaired) electrons. The second kappa shape index (κ2) is 11.2. The molecular weight excluding hydrogens is 513 g/mol. The second-order valence-electron chi connectivity index (χ2n) is 11.6. The Kier molecular flexibility index (Phi) is 8.10. The smallest absolute Gasteiger partial charge is 0.418 e. The molecule has 3 heterocycles. The SMILES string of the molecule is COC(=O)CN(C)Cc1cc(C(F)(F)F)c2cn(C3CCC[C@H](C(C4CCC4)C4NNCN4C)C3)c(=O)n2c1. The normalized spacial score (nSPS) is 25.8. The van der Waals surface area contributed by atoms with E-state index in [2.05, 4.69) is 27.5 Å². The van der Waals surface area contributed by atoms with Crippen molar-refractivity contribution in [2.24, 2.45) is 17.8 Å². The minimum absolute atomic E-state index is 0.0657. The minimum atomic E-state index is -4.63. The average Bonchev–Trinajstić information content (AvgIpc) is 3.43. The Labute approximate surface area is 226 Å². The number of hydrazine groups is 1. The zero-order valence-electron chi connectivity index (χ0n) is 22.8. The van der Waals surface area contributed by atoms with Crippen LogP contribution < -0.4 is 16.5 Å². The number of imidazole rings is 1. The highest BCUT2D eigenvalue weighted by molar-refractivity contribution is 5.71. The highest BCUT2D eigenvalue weighted by Crippen LogP contribution is 2.46. The van der Waals surface area contributed by atoms with Gasteiger partial charge in [0.25, 0.3) is 0 Å². The number of aromatic nitrogens is 2. The molecule has 0 bridgehead atoms. The van der Waals surface area contributed by atoms with Gasteiger partial charge in [-0.25, -0.2) is 15.6 Å². The van der Waals surface area contributed by atoms with Gasteiger partial charge in [0, 0.05) is 25.0 Å². The quantitative estimate of drug-likeness (QED) is 0.487. The molecule has 1 saturated heterocycles. The number of nitrogens with zero attached hydrogens (tertiary/aromatic N) is 4. The number of fused-ring (bicyclic) bond motifs is 1. The lowest BCUT2D eigenvalue weighted by Gasteiger charge is -2.46. The van der Waals surface area contributed by atoms with Gasteiger partial charge in [-0.15, -0.1) is 0 Å². The number of ether oxygens (including phenoxy) is 1. The van der Waals surface area contributed by atoms with Crippen molar-refractivity contribution in [3.63, 3.8) is 0 Å². The third kappa shape index (κ3) is 5.75. The zero-order valence-corrected chi connectivity index (χ0v) is 22.8. The fourth-order valence-corrected chi connectivity index (χ4v) is 6.89. The van der Waals surface area contributed by atoms with Crippen LogP contribution in [-0.4, -0.2) is 65.3 Å². The summed E-state index contributed by atoms with van der Waals surface area (Å²) in [5.74, 6) is 0.949. The number of esters is 1. The second-order valence-corrected chi connectivity index (χ2v) is 11.6. The number of hydrogen-bond acceptors (Lipinski definition) is 7. The third-order valence-electron chi connectivity index (χ3n) is 8.97. The maximum Gasteiger partial charge on any atom is 0.418 e. The number of halogens is 3. The molecule has 2 aliphatic carbocycles. The number of methoxy groups -OCH3 is 1. The molecule has 5 rings (SSSR count). The number of likely N-dealkylation sites (N-methyl/N-ethyl adjacent to an activating group) is 1. The molecule has 3 fully saturated rings. The Balaban J connectivity index is 1.45. The van der Waals surface area contributed by atoms with Crippen LogP contribution in [0, 0.1) is 17.8 Å². The van der Waals surface area contributed by atoms with Gasteiger partial charge in [-0.3, -0.25) is 23.6 Å². The monoisotopic (exact) mass is 552 g/mol. The Morgan fingerprint density at radius 3 is 2.51 bits per heavy atom. The van der Waals surface area contributed by atoms with Crippen molar-refractivity contribution < 1.29 is 22.7 Å². The Hall–Kier alpha value is -2.41. The summed E-state index contributed by atoms with van der Waals surface area (Å²) in [6.07, 6.45) is 5.66. The van der Waals surface area contributed by atoms with Crippen molar-refractivity contribution in [1.29, 1.82) is 0 Å². The van der Waals surface area contributed by atoms with Crippen molar-refractivity contribution in [2.45, 2.75) is 69.9 Å². The first kappa shape index (κ1) is 28.1. The molecule has 0 spiro atoms. The summed E-state index contributed by atoms with van der Waals surface area (Å²) < 4.78 is 49.8. The summed E-state index contributed by atoms with van der Waals surface area (Å²) in [5.41, 5.74) is 5.57. The molecule has 3 unspecified atom stereocenters. The summed E-state index contributed by atoms with van der Waals surface area (Å²) in [6.45, 7) is 0.764. The number of alkyl halides is 3. The highest BCUT2D eigenvalue weighted by atomic mass is 19.4. The van der Waals surface area contributed by atoms with Gasteiger partial charge in [-0.2, -0.15) is 13.2 Å². The van der Waals surface area contributed by atoms with Gasteiger partial charge < -0.3 is 4.74 Å². The molecule has 12 heteroatoms. The zero-order chi connectivity index (χ0) is 27.9. The minimum Gasteiger partial charge on any atom is -0.468 e. The van der Waals surface area contributed by atoms with Crippen LogP contribution in [0.25, 0.3) is 5.52 Å². The summed E-state index contributed by atoms with van der Waals surface area (Å²) in [7, 11) is 4.98. The predicted molar refractivity (Wildman–Crippen MR) is 140 cm³/mol. The molecule has 4 atom stereocenters. The fourth-order valence-electron chi connectivity index (χ4n) is 6.89. The van der Waals surface area contributed by atoms with Crippen molar-refractivity contribution in [1.82, 2.24) is 29.6 Å². The fraction of sp³-hybridized carbons (Fsp3) is 0.704. The van der Waals surface area contributed by atoms with Gasteiger partial charge in [0.05, 0.1) is 37.6 Å². The maximum atomic E-state index is 14.2. The van der Waals surface area contributed by atoms with E-state index in [9.17, 15) is 22.8 Å². The molecular formula is C27H39F3N6O3. The lowest BCUT2D eigenvalue weighted by Crippen LogP contribution is -2.50. The highest BCUT2D eigenvalue weighted by Gasteiger charge is 2.43. The molecule has 216 valence electrons. The summed E-state index contributed by atoms with van der Waals surface area (Å²) >= 11 is 0. The Morgan fingerprint density at radius 1 is 1.18 bits per heavy atom. The number of rotatable bonds is 8. The van der Waals surface area contributed by atoms with Gasteiger partial charge in [0.1, 0.15) is 0 Å². The van der Waals surface area contributed by atoms with E-state index in [1.54, 1.807) is 16.5 Å². The van der Waals surface area contributed by atoms with Crippen LogP contribution in [-0.2, 0) is 22.3 Å². The van der Waals surface area contributed by atoms with E-state index in [0.717, 1.165) is 42.8 Å². The van der Waals surface area contributed by atoms with Gasteiger partial charge in [0.2, 0.25) is 0 Å². The Bertz CT molecular complexity index is 1240. The largest absolute Gasteiger partial charge is 0.468 e. The number of nitrogens with one attached hydrogen (secondary N) is 2. The number of carbonyl (C=O) groups is 1. The van der Waals surface area contributed by atoms with Crippen LogP contribution >= 0.6 is 0 Å². The van der Waals surface area contributed by atoms with Gasteiger partial charge in [-0.1, -0.05) is 25.7 Å². The summed E-state index contributed by atoms with van der Waals surface area (Å²) in [4.78, 5) is 29.1.